The molecule has 0 unspecified atom stereocenters. The number of carbonyl (C=O) groups is 1. The van der Waals surface area contributed by atoms with Gasteiger partial charge in [-0.05, 0) is 59.7 Å². The van der Waals surface area contributed by atoms with Crippen molar-refractivity contribution in [1.29, 1.82) is 0 Å². The number of para-hydroxylation sites is 2. The highest BCUT2D eigenvalue weighted by Gasteiger charge is 2.33. The fraction of sp³-hybridized carbons (Fsp3) is 0.0417. The van der Waals surface area contributed by atoms with Crippen LogP contribution in [0.5, 0.6) is 0 Å². The largest absolute Gasteiger partial charge is 0.418 e. The minimum atomic E-state index is -4.59. The molecule has 0 aliphatic rings. The van der Waals surface area contributed by atoms with Gasteiger partial charge in [-0.2, -0.15) is 13.2 Å². The van der Waals surface area contributed by atoms with E-state index in [-0.39, 0.29) is 11.5 Å². The molecule has 0 spiro atoms. The SMILES string of the molecule is O=C(Nc1cc(-c2ccnc(Nc3ccccc3)c2)ccn1)Nc1ccccc1C(F)(F)F. The van der Waals surface area contributed by atoms with E-state index in [1.54, 1.807) is 24.4 Å². The Morgan fingerprint density at radius 2 is 1.33 bits per heavy atom. The number of aromatic nitrogens is 2. The summed E-state index contributed by atoms with van der Waals surface area (Å²) in [6, 6.07) is 20.5. The number of urea groups is 1. The van der Waals surface area contributed by atoms with Gasteiger partial charge in [0.2, 0.25) is 0 Å². The summed E-state index contributed by atoms with van der Waals surface area (Å²) >= 11 is 0. The molecule has 2 aromatic carbocycles. The van der Waals surface area contributed by atoms with E-state index in [2.05, 4.69) is 25.9 Å². The van der Waals surface area contributed by atoms with Gasteiger partial charge >= 0.3 is 12.2 Å². The number of alkyl halides is 3. The third kappa shape index (κ3) is 5.65. The quantitative estimate of drug-likeness (QED) is 0.323. The van der Waals surface area contributed by atoms with Crippen LogP contribution in [0, 0.1) is 0 Å². The molecular weight excluding hydrogens is 431 g/mol. The highest BCUT2D eigenvalue weighted by Crippen LogP contribution is 2.34. The number of rotatable bonds is 5. The van der Waals surface area contributed by atoms with Gasteiger partial charge in [-0.3, -0.25) is 5.32 Å². The van der Waals surface area contributed by atoms with Crippen LogP contribution in [0.2, 0.25) is 0 Å². The second-order valence-electron chi connectivity index (χ2n) is 6.97. The molecule has 2 amide bonds. The van der Waals surface area contributed by atoms with Crippen LogP contribution in [-0.2, 0) is 6.18 Å². The van der Waals surface area contributed by atoms with Crippen molar-refractivity contribution in [3.05, 3.63) is 96.8 Å². The number of anilines is 4. The first-order valence-electron chi connectivity index (χ1n) is 9.87. The molecule has 166 valence electrons. The van der Waals surface area contributed by atoms with Gasteiger partial charge in [0.05, 0.1) is 11.3 Å². The number of nitrogens with one attached hydrogen (secondary N) is 3. The van der Waals surface area contributed by atoms with Gasteiger partial charge in [-0.1, -0.05) is 30.3 Å². The number of amides is 2. The molecular formula is C24H18F3N5O. The number of pyridine rings is 2. The second-order valence-corrected chi connectivity index (χ2v) is 6.97. The summed E-state index contributed by atoms with van der Waals surface area (Å²) in [6.07, 6.45) is -1.44. The average molecular weight is 449 g/mol. The third-order valence-corrected chi connectivity index (χ3v) is 4.62. The predicted molar refractivity (Wildman–Crippen MR) is 121 cm³/mol. The van der Waals surface area contributed by atoms with E-state index in [0.29, 0.717) is 5.82 Å². The van der Waals surface area contributed by atoms with Crippen molar-refractivity contribution < 1.29 is 18.0 Å². The summed E-state index contributed by atoms with van der Waals surface area (Å²) < 4.78 is 39.4. The molecule has 2 aromatic heterocycles. The van der Waals surface area contributed by atoms with Crippen molar-refractivity contribution in [2.45, 2.75) is 6.18 Å². The molecule has 33 heavy (non-hydrogen) atoms. The van der Waals surface area contributed by atoms with Crippen LogP contribution in [0.25, 0.3) is 11.1 Å². The van der Waals surface area contributed by atoms with Crippen LogP contribution in [0.15, 0.2) is 91.3 Å². The minimum absolute atomic E-state index is 0.184. The fourth-order valence-corrected chi connectivity index (χ4v) is 3.14. The minimum Gasteiger partial charge on any atom is -0.340 e. The Morgan fingerprint density at radius 3 is 2.03 bits per heavy atom. The molecule has 0 radical (unpaired) electrons. The Hall–Kier alpha value is -4.40. The van der Waals surface area contributed by atoms with Gasteiger partial charge in [0, 0.05) is 18.1 Å². The lowest BCUT2D eigenvalue weighted by Crippen LogP contribution is -2.22. The summed E-state index contributed by atoms with van der Waals surface area (Å²) in [7, 11) is 0. The molecule has 0 aliphatic carbocycles. The van der Waals surface area contributed by atoms with Crippen molar-refractivity contribution in [1.82, 2.24) is 9.97 Å². The monoisotopic (exact) mass is 449 g/mol. The molecule has 6 nitrogen and oxygen atoms in total. The lowest BCUT2D eigenvalue weighted by molar-refractivity contribution is -0.136. The first kappa shape index (κ1) is 21.8. The molecule has 4 rings (SSSR count). The van der Waals surface area contributed by atoms with Crippen LogP contribution >= 0.6 is 0 Å². The molecule has 2 heterocycles. The zero-order valence-corrected chi connectivity index (χ0v) is 17.1. The van der Waals surface area contributed by atoms with Gasteiger partial charge < -0.3 is 10.6 Å². The van der Waals surface area contributed by atoms with Gasteiger partial charge in [0.25, 0.3) is 0 Å². The zero-order valence-electron chi connectivity index (χ0n) is 17.1. The van der Waals surface area contributed by atoms with E-state index >= 15 is 0 Å². The van der Waals surface area contributed by atoms with Crippen molar-refractivity contribution in [3.63, 3.8) is 0 Å². The van der Waals surface area contributed by atoms with E-state index in [1.807, 2.05) is 36.4 Å². The zero-order chi connectivity index (χ0) is 23.3. The number of carbonyl (C=O) groups excluding carboxylic acids is 1. The number of hydrogen-bond acceptors (Lipinski definition) is 4. The smallest absolute Gasteiger partial charge is 0.340 e. The predicted octanol–water partition coefficient (Wildman–Crippen LogP) is 6.55. The summed E-state index contributed by atoms with van der Waals surface area (Å²) in [5.74, 6) is 0.815. The summed E-state index contributed by atoms with van der Waals surface area (Å²) in [4.78, 5) is 20.7. The Morgan fingerprint density at radius 1 is 0.727 bits per heavy atom. The summed E-state index contributed by atoms with van der Waals surface area (Å²) in [6.45, 7) is 0. The normalized spacial score (nSPS) is 11.0. The topological polar surface area (TPSA) is 78.9 Å². The van der Waals surface area contributed by atoms with E-state index in [9.17, 15) is 18.0 Å². The van der Waals surface area contributed by atoms with Crippen LogP contribution < -0.4 is 16.0 Å². The van der Waals surface area contributed by atoms with Crippen molar-refractivity contribution in [3.8, 4) is 11.1 Å². The van der Waals surface area contributed by atoms with Gasteiger partial charge in [-0.15, -0.1) is 0 Å². The number of benzene rings is 2. The first-order valence-corrected chi connectivity index (χ1v) is 9.87. The van der Waals surface area contributed by atoms with Gasteiger partial charge in [-0.25, -0.2) is 14.8 Å². The molecule has 0 aliphatic heterocycles. The van der Waals surface area contributed by atoms with Crippen LogP contribution in [0.3, 0.4) is 0 Å². The fourth-order valence-electron chi connectivity index (χ4n) is 3.14. The maximum Gasteiger partial charge on any atom is 0.418 e. The van der Waals surface area contributed by atoms with Crippen LogP contribution in [0.1, 0.15) is 5.56 Å². The number of halogens is 3. The molecule has 0 atom stereocenters. The molecule has 0 bridgehead atoms. The molecule has 9 heteroatoms. The Labute approximate surface area is 187 Å². The van der Waals surface area contributed by atoms with Crippen molar-refractivity contribution >= 4 is 29.0 Å². The van der Waals surface area contributed by atoms with Crippen molar-refractivity contribution in [2.24, 2.45) is 0 Å². The molecule has 4 aromatic rings. The van der Waals surface area contributed by atoms with Gasteiger partial charge in [0.1, 0.15) is 11.6 Å². The first-order chi connectivity index (χ1) is 15.9. The molecule has 0 saturated heterocycles. The van der Waals surface area contributed by atoms with Crippen LogP contribution in [-0.4, -0.2) is 16.0 Å². The Kier molecular flexibility index (Phi) is 6.21. The van der Waals surface area contributed by atoms with Crippen molar-refractivity contribution in [2.75, 3.05) is 16.0 Å². The number of nitrogens with zero attached hydrogens (tertiary/aromatic N) is 2. The second kappa shape index (κ2) is 9.39. The lowest BCUT2D eigenvalue weighted by Gasteiger charge is -2.14. The Balaban J connectivity index is 1.49. The van der Waals surface area contributed by atoms with E-state index in [1.165, 1.54) is 24.4 Å². The molecule has 0 fully saturated rings. The summed E-state index contributed by atoms with van der Waals surface area (Å²) in [5.41, 5.74) is 1.17. The standard InChI is InChI=1S/C24H18F3N5O/c25-24(26,27)19-8-4-5-9-20(19)31-23(33)32-22-15-17(11-13-29-22)16-10-12-28-21(14-16)30-18-6-2-1-3-7-18/h1-15H,(H,28,30)(H2,29,31,32,33). The maximum absolute atomic E-state index is 13.1. The molecule has 3 N–H and O–H groups in total. The third-order valence-electron chi connectivity index (χ3n) is 4.62. The van der Waals surface area contributed by atoms with E-state index in [0.717, 1.165) is 22.9 Å². The molecule has 0 saturated carbocycles. The summed E-state index contributed by atoms with van der Waals surface area (Å²) in [5, 5.41) is 7.91. The number of hydrogen-bond donors (Lipinski definition) is 3. The Bertz CT molecular complexity index is 1260. The average Bonchev–Trinajstić information content (AvgIpc) is 2.80. The highest BCUT2D eigenvalue weighted by molar-refractivity contribution is 6.00. The maximum atomic E-state index is 13.1. The van der Waals surface area contributed by atoms with E-state index < -0.39 is 17.8 Å². The van der Waals surface area contributed by atoms with Crippen LogP contribution in [0.4, 0.5) is 41.0 Å². The highest BCUT2D eigenvalue weighted by atomic mass is 19.4. The van der Waals surface area contributed by atoms with Gasteiger partial charge in [0.15, 0.2) is 0 Å². The lowest BCUT2D eigenvalue weighted by atomic mass is 10.1. The van der Waals surface area contributed by atoms with E-state index in [4.69, 9.17) is 0 Å².